The van der Waals surface area contributed by atoms with Crippen LogP contribution in [0.1, 0.15) is 5.56 Å². The lowest BCUT2D eigenvalue weighted by molar-refractivity contribution is -0.136. The molecule has 120 valence electrons. The molecule has 6 nitrogen and oxygen atoms in total. The first-order valence-electron chi connectivity index (χ1n) is 7.34. The molecule has 0 bridgehead atoms. The molecule has 2 amide bonds. The van der Waals surface area contributed by atoms with E-state index in [0.717, 1.165) is 38.3 Å². The van der Waals surface area contributed by atoms with Crippen molar-refractivity contribution in [3.63, 3.8) is 0 Å². The van der Waals surface area contributed by atoms with E-state index in [1.54, 1.807) is 18.2 Å². The minimum absolute atomic E-state index is 0.464. The zero-order valence-corrected chi connectivity index (χ0v) is 13.4. The van der Waals surface area contributed by atoms with Crippen LogP contribution in [0, 0.1) is 6.92 Å². The smallest absolute Gasteiger partial charge is 0.313 e. The largest absolute Gasteiger partial charge is 0.347 e. The number of aryl methyl sites for hydroxylation is 1. The van der Waals surface area contributed by atoms with Crippen LogP contribution in [0.4, 0.5) is 5.69 Å². The van der Waals surface area contributed by atoms with Crippen molar-refractivity contribution in [3.8, 4) is 0 Å². The van der Waals surface area contributed by atoms with Crippen LogP contribution < -0.4 is 16.0 Å². The number of carbonyl (C=O) groups is 2. The van der Waals surface area contributed by atoms with Crippen molar-refractivity contribution in [1.82, 2.24) is 15.5 Å². The van der Waals surface area contributed by atoms with Gasteiger partial charge in [0.15, 0.2) is 0 Å². The molecule has 1 saturated heterocycles. The number of nitrogens with zero attached hydrogens (tertiary/aromatic N) is 1. The SMILES string of the molecule is Cc1cc(Cl)ccc1NC(=O)C(=O)NCCN1CCNCC1. The molecule has 0 unspecified atom stereocenters. The molecule has 1 fully saturated rings. The Kier molecular flexibility index (Phi) is 6.18. The monoisotopic (exact) mass is 324 g/mol. The number of hydrogen-bond donors (Lipinski definition) is 3. The molecule has 1 aliphatic heterocycles. The molecule has 0 saturated carbocycles. The maximum absolute atomic E-state index is 11.9. The molecule has 0 radical (unpaired) electrons. The molecule has 0 atom stereocenters. The number of hydrogen-bond acceptors (Lipinski definition) is 4. The summed E-state index contributed by atoms with van der Waals surface area (Å²) in [7, 11) is 0. The van der Waals surface area contributed by atoms with Crippen LogP contribution in [0.2, 0.25) is 5.02 Å². The number of halogens is 1. The highest BCUT2D eigenvalue weighted by atomic mass is 35.5. The van der Waals surface area contributed by atoms with Gasteiger partial charge in [0.05, 0.1) is 0 Å². The van der Waals surface area contributed by atoms with Crippen molar-refractivity contribution >= 4 is 29.1 Å². The van der Waals surface area contributed by atoms with Crippen LogP contribution in [0.3, 0.4) is 0 Å². The van der Waals surface area contributed by atoms with Crippen LogP contribution in [0.25, 0.3) is 0 Å². The van der Waals surface area contributed by atoms with E-state index < -0.39 is 11.8 Å². The molecule has 0 aromatic heterocycles. The maximum atomic E-state index is 11.9. The number of carbonyl (C=O) groups excluding carboxylic acids is 2. The van der Waals surface area contributed by atoms with Crippen molar-refractivity contribution in [2.75, 3.05) is 44.6 Å². The Hall–Kier alpha value is -1.63. The third-order valence-corrected chi connectivity index (χ3v) is 3.80. The van der Waals surface area contributed by atoms with E-state index in [9.17, 15) is 9.59 Å². The van der Waals surface area contributed by atoms with E-state index in [-0.39, 0.29) is 0 Å². The Morgan fingerprint density at radius 2 is 2.00 bits per heavy atom. The van der Waals surface area contributed by atoms with Gasteiger partial charge in [-0.3, -0.25) is 14.5 Å². The molecular weight excluding hydrogens is 304 g/mol. The summed E-state index contributed by atoms with van der Waals surface area (Å²) in [5.74, 6) is -1.28. The topological polar surface area (TPSA) is 73.5 Å². The van der Waals surface area contributed by atoms with Gasteiger partial charge in [-0.05, 0) is 30.7 Å². The highest BCUT2D eigenvalue weighted by molar-refractivity contribution is 6.39. The predicted octanol–water partition coefficient (Wildman–Crippen LogP) is 0.608. The standard InChI is InChI=1S/C15H21ClN4O2/c1-11-10-12(16)2-3-13(11)19-15(22)14(21)18-6-9-20-7-4-17-5-8-20/h2-3,10,17H,4-9H2,1H3,(H,18,21)(H,19,22). The number of anilines is 1. The van der Waals surface area contributed by atoms with Crippen LogP contribution >= 0.6 is 11.6 Å². The minimum Gasteiger partial charge on any atom is -0.347 e. The van der Waals surface area contributed by atoms with E-state index in [1.165, 1.54) is 0 Å². The first-order valence-corrected chi connectivity index (χ1v) is 7.72. The van der Waals surface area contributed by atoms with Gasteiger partial charge in [-0.1, -0.05) is 11.6 Å². The van der Waals surface area contributed by atoms with E-state index in [4.69, 9.17) is 11.6 Å². The van der Waals surface area contributed by atoms with Gasteiger partial charge in [0.25, 0.3) is 0 Å². The number of benzene rings is 1. The minimum atomic E-state index is -0.661. The maximum Gasteiger partial charge on any atom is 0.313 e. The van der Waals surface area contributed by atoms with E-state index in [1.807, 2.05) is 6.92 Å². The Bertz CT molecular complexity index is 544. The summed E-state index contributed by atoms with van der Waals surface area (Å²) in [4.78, 5) is 25.9. The van der Waals surface area contributed by atoms with E-state index in [0.29, 0.717) is 17.3 Å². The van der Waals surface area contributed by atoms with E-state index >= 15 is 0 Å². The van der Waals surface area contributed by atoms with Gasteiger partial charge in [-0.2, -0.15) is 0 Å². The van der Waals surface area contributed by atoms with Gasteiger partial charge in [-0.15, -0.1) is 0 Å². The molecule has 3 N–H and O–H groups in total. The Balaban J connectivity index is 1.75. The van der Waals surface area contributed by atoms with E-state index in [2.05, 4.69) is 20.9 Å². The zero-order valence-electron chi connectivity index (χ0n) is 12.6. The Morgan fingerprint density at radius 1 is 1.27 bits per heavy atom. The number of piperazine rings is 1. The number of nitrogens with one attached hydrogen (secondary N) is 3. The third-order valence-electron chi connectivity index (χ3n) is 3.57. The van der Waals surface area contributed by atoms with Crippen LogP contribution in [0.5, 0.6) is 0 Å². The average molecular weight is 325 g/mol. The van der Waals surface area contributed by atoms with Crippen molar-refractivity contribution in [2.45, 2.75) is 6.92 Å². The fourth-order valence-electron chi connectivity index (χ4n) is 2.29. The molecule has 1 heterocycles. The average Bonchev–Trinajstić information content (AvgIpc) is 2.51. The first-order chi connectivity index (χ1) is 10.6. The van der Waals surface area contributed by atoms with Crippen LogP contribution in [-0.2, 0) is 9.59 Å². The van der Waals surface area contributed by atoms with Crippen molar-refractivity contribution in [3.05, 3.63) is 28.8 Å². The highest BCUT2D eigenvalue weighted by Crippen LogP contribution is 2.19. The summed E-state index contributed by atoms with van der Waals surface area (Å²) in [6.07, 6.45) is 0. The summed E-state index contributed by atoms with van der Waals surface area (Å²) in [5, 5.41) is 9.09. The van der Waals surface area contributed by atoms with Crippen molar-refractivity contribution in [1.29, 1.82) is 0 Å². The third kappa shape index (κ3) is 4.98. The zero-order chi connectivity index (χ0) is 15.9. The second-order valence-corrected chi connectivity index (χ2v) is 5.70. The number of amides is 2. The van der Waals surface area contributed by atoms with Crippen molar-refractivity contribution < 1.29 is 9.59 Å². The molecule has 7 heteroatoms. The Morgan fingerprint density at radius 3 is 2.68 bits per heavy atom. The van der Waals surface area contributed by atoms with Gasteiger partial charge < -0.3 is 16.0 Å². The molecule has 0 aliphatic carbocycles. The fraction of sp³-hybridized carbons (Fsp3) is 0.467. The van der Waals surface area contributed by atoms with Gasteiger partial charge in [0.2, 0.25) is 0 Å². The van der Waals surface area contributed by atoms with Gasteiger partial charge in [0.1, 0.15) is 0 Å². The summed E-state index contributed by atoms with van der Waals surface area (Å²) in [6, 6.07) is 5.09. The summed E-state index contributed by atoms with van der Waals surface area (Å²) >= 11 is 5.86. The molecular formula is C15H21ClN4O2. The summed E-state index contributed by atoms with van der Waals surface area (Å²) < 4.78 is 0. The van der Waals surface area contributed by atoms with Crippen LogP contribution in [-0.4, -0.2) is 56.0 Å². The molecule has 1 aromatic carbocycles. The van der Waals surface area contributed by atoms with Crippen molar-refractivity contribution in [2.24, 2.45) is 0 Å². The lowest BCUT2D eigenvalue weighted by Gasteiger charge is -2.26. The molecule has 2 rings (SSSR count). The van der Waals surface area contributed by atoms with Gasteiger partial charge >= 0.3 is 11.8 Å². The lowest BCUT2D eigenvalue weighted by atomic mass is 10.2. The summed E-state index contributed by atoms with van der Waals surface area (Å²) in [5.41, 5.74) is 1.40. The van der Waals surface area contributed by atoms with Gasteiger partial charge in [-0.25, -0.2) is 0 Å². The first kappa shape index (κ1) is 16.7. The second-order valence-electron chi connectivity index (χ2n) is 5.26. The molecule has 1 aliphatic rings. The predicted molar refractivity (Wildman–Crippen MR) is 87.1 cm³/mol. The molecule has 22 heavy (non-hydrogen) atoms. The van der Waals surface area contributed by atoms with Crippen LogP contribution in [0.15, 0.2) is 18.2 Å². The highest BCUT2D eigenvalue weighted by Gasteiger charge is 2.15. The quantitative estimate of drug-likeness (QED) is 0.710. The second kappa shape index (κ2) is 8.12. The normalized spacial score (nSPS) is 15.4. The summed E-state index contributed by atoms with van der Waals surface area (Å²) in [6.45, 7) is 6.89. The Labute approximate surface area is 135 Å². The molecule has 0 spiro atoms. The number of rotatable bonds is 4. The van der Waals surface area contributed by atoms with Gasteiger partial charge in [0, 0.05) is 50.0 Å². The molecule has 1 aromatic rings. The lowest BCUT2D eigenvalue weighted by Crippen LogP contribution is -2.47. The fourth-order valence-corrected chi connectivity index (χ4v) is 2.52.